The molecule has 3 nitrogen and oxygen atoms in total. The maximum atomic E-state index is 3.40. The van der Waals surface area contributed by atoms with Crippen LogP contribution in [0.5, 0.6) is 0 Å². The van der Waals surface area contributed by atoms with Gasteiger partial charge in [-0.3, -0.25) is 0 Å². The molecule has 1 aliphatic heterocycles. The second-order valence-electron chi connectivity index (χ2n) is 5.58. The number of benzene rings is 1. The van der Waals surface area contributed by atoms with E-state index in [2.05, 4.69) is 53.0 Å². The van der Waals surface area contributed by atoms with Crippen LogP contribution in [0.4, 0.5) is 0 Å². The Labute approximate surface area is 115 Å². The standard InChI is InChI=1S/C16H23N3/c1-13-11-15-12-14(3-4-16(15)18(13)2)5-8-19-9-6-17-7-10-19/h3-4,11-12,17H,5-10H2,1-2H3. The largest absolute Gasteiger partial charge is 0.348 e. The van der Waals surface area contributed by atoms with Crippen molar-refractivity contribution in [2.24, 2.45) is 7.05 Å². The summed E-state index contributed by atoms with van der Waals surface area (Å²) < 4.78 is 2.26. The minimum atomic E-state index is 1.14. The van der Waals surface area contributed by atoms with E-state index in [0.29, 0.717) is 0 Å². The van der Waals surface area contributed by atoms with Crippen molar-refractivity contribution in [3.63, 3.8) is 0 Å². The van der Waals surface area contributed by atoms with Gasteiger partial charge in [-0.2, -0.15) is 0 Å². The first-order valence-corrected chi connectivity index (χ1v) is 7.22. The highest BCUT2D eigenvalue weighted by Gasteiger charge is 2.09. The third kappa shape index (κ3) is 2.67. The van der Waals surface area contributed by atoms with E-state index in [-0.39, 0.29) is 0 Å². The smallest absolute Gasteiger partial charge is 0.0479 e. The Kier molecular flexibility index (Phi) is 3.58. The number of aromatic nitrogens is 1. The zero-order chi connectivity index (χ0) is 13.2. The first-order valence-electron chi connectivity index (χ1n) is 7.22. The van der Waals surface area contributed by atoms with E-state index in [1.807, 2.05) is 0 Å². The summed E-state index contributed by atoms with van der Waals surface area (Å²) in [6, 6.07) is 9.17. The summed E-state index contributed by atoms with van der Waals surface area (Å²) in [6.07, 6.45) is 1.16. The number of hydrogen-bond donors (Lipinski definition) is 1. The summed E-state index contributed by atoms with van der Waals surface area (Å²) in [5, 5.41) is 4.77. The lowest BCUT2D eigenvalue weighted by Crippen LogP contribution is -2.44. The van der Waals surface area contributed by atoms with Gasteiger partial charge in [-0.1, -0.05) is 6.07 Å². The van der Waals surface area contributed by atoms with E-state index in [1.165, 1.54) is 41.8 Å². The Morgan fingerprint density at radius 3 is 2.74 bits per heavy atom. The summed E-state index contributed by atoms with van der Waals surface area (Å²) in [7, 11) is 2.14. The molecular weight excluding hydrogens is 234 g/mol. The lowest BCUT2D eigenvalue weighted by molar-refractivity contribution is 0.244. The Balaban J connectivity index is 1.70. The Hall–Kier alpha value is -1.32. The summed E-state index contributed by atoms with van der Waals surface area (Å²) in [5.74, 6) is 0. The van der Waals surface area contributed by atoms with E-state index in [9.17, 15) is 0 Å². The quantitative estimate of drug-likeness (QED) is 0.907. The SMILES string of the molecule is Cc1cc2cc(CCN3CCNCC3)ccc2n1C. The van der Waals surface area contributed by atoms with Crippen LogP contribution in [0.3, 0.4) is 0 Å². The van der Waals surface area contributed by atoms with Crippen LogP contribution in [0, 0.1) is 6.92 Å². The van der Waals surface area contributed by atoms with Crippen molar-refractivity contribution in [3.8, 4) is 0 Å². The third-order valence-corrected chi connectivity index (χ3v) is 4.27. The minimum Gasteiger partial charge on any atom is -0.348 e. The van der Waals surface area contributed by atoms with Gasteiger partial charge in [0.1, 0.15) is 0 Å². The van der Waals surface area contributed by atoms with E-state index in [1.54, 1.807) is 0 Å². The molecule has 3 rings (SSSR count). The summed E-state index contributed by atoms with van der Waals surface area (Å²) in [6.45, 7) is 7.99. The monoisotopic (exact) mass is 257 g/mol. The van der Waals surface area contributed by atoms with Gasteiger partial charge >= 0.3 is 0 Å². The highest BCUT2D eigenvalue weighted by atomic mass is 15.2. The molecule has 0 saturated carbocycles. The second kappa shape index (κ2) is 5.35. The zero-order valence-electron chi connectivity index (χ0n) is 11.9. The summed E-state index contributed by atoms with van der Waals surface area (Å²) >= 11 is 0. The Morgan fingerprint density at radius 2 is 1.95 bits per heavy atom. The fourth-order valence-corrected chi connectivity index (χ4v) is 2.91. The molecule has 0 bridgehead atoms. The second-order valence-corrected chi connectivity index (χ2v) is 5.58. The van der Waals surface area contributed by atoms with Crippen molar-refractivity contribution in [2.45, 2.75) is 13.3 Å². The number of hydrogen-bond acceptors (Lipinski definition) is 2. The molecule has 0 atom stereocenters. The molecule has 0 radical (unpaired) electrons. The van der Waals surface area contributed by atoms with Crippen LogP contribution in [0.2, 0.25) is 0 Å². The van der Waals surface area contributed by atoms with Gasteiger partial charge in [0.25, 0.3) is 0 Å². The molecule has 19 heavy (non-hydrogen) atoms. The average Bonchev–Trinajstić information content (AvgIpc) is 2.73. The fraction of sp³-hybridized carbons (Fsp3) is 0.500. The predicted molar refractivity (Wildman–Crippen MR) is 80.7 cm³/mol. The van der Waals surface area contributed by atoms with Crippen molar-refractivity contribution in [1.82, 2.24) is 14.8 Å². The normalized spacial score (nSPS) is 17.2. The maximum Gasteiger partial charge on any atom is 0.0479 e. The van der Waals surface area contributed by atoms with Gasteiger partial charge in [0.05, 0.1) is 0 Å². The van der Waals surface area contributed by atoms with E-state index < -0.39 is 0 Å². The molecule has 1 N–H and O–H groups in total. The third-order valence-electron chi connectivity index (χ3n) is 4.27. The molecule has 3 heteroatoms. The van der Waals surface area contributed by atoms with Crippen molar-refractivity contribution >= 4 is 10.9 Å². The molecule has 102 valence electrons. The van der Waals surface area contributed by atoms with Gasteiger partial charge in [-0.15, -0.1) is 0 Å². The van der Waals surface area contributed by atoms with Crippen LogP contribution in [-0.4, -0.2) is 42.2 Å². The van der Waals surface area contributed by atoms with Gasteiger partial charge in [0.15, 0.2) is 0 Å². The van der Waals surface area contributed by atoms with Gasteiger partial charge in [0.2, 0.25) is 0 Å². The van der Waals surface area contributed by atoms with Gasteiger partial charge in [-0.05, 0) is 37.1 Å². The molecule has 1 aromatic heterocycles. The molecule has 0 aliphatic carbocycles. The molecule has 1 saturated heterocycles. The fourth-order valence-electron chi connectivity index (χ4n) is 2.91. The molecule has 0 amide bonds. The lowest BCUT2D eigenvalue weighted by Gasteiger charge is -2.27. The Morgan fingerprint density at radius 1 is 1.16 bits per heavy atom. The molecule has 0 spiro atoms. The number of aryl methyl sites for hydroxylation is 2. The van der Waals surface area contributed by atoms with E-state index in [4.69, 9.17) is 0 Å². The average molecular weight is 257 g/mol. The number of nitrogens with one attached hydrogen (secondary N) is 1. The highest BCUT2D eigenvalue weighted by molar-refractivity contribution is 5.82. The van der Waals surface area contributed by atoms with Crippen LogP contribution in [0.15, 0.2) is 24.3 Å². The van der Waals surface area contributed by atoms with Crippen molar-refractivity contribution < 1.29 is 0 Å². The van der Waals surface area contributed by atoms with E-state index in [0.717, 1.165) is 19.5 Å². The van der Waals surface area contributed by atoms with Gasteiger partial charge < -0.3 is 14.8 Å². The number of rotatable bonds is 3. The maximum absolute atomic E-state index is 3.40. The number of piperazine rings is 1. The molecule has 1 fully saturated rings. The first-order chi connectivity index (χ1) is 9.24. The topological polar surface area (TPSA) is 20.2 Å². The van der Waals surface area contributed by atoms with Crippen LogP contribution in [0.25, 0.3) is 10.9 Å². The van der Waals surface area contributed by atoms with Crippen molar-refractivity contribution in [3.05, 3.63) is 35.5 Å². The van der Waals surface area contributed by atoms with Crippen LogP contribution in [0.1, 0.15) is 11.3 Å². The predicted octanol–water partition coefficient (Wildman–Crippen LogP) is 1.93. The van der Waals surface area contributed by atoms with Crippen molar-refractivity contribution in [2.75, 3.05) is 32.7 Å². The Bertz CT molecular complexity index is 565. The highest BCUT2D eigenvalue weighted by Crippen LogP contribution is 2.20. The van der Waals surface area contributed by atoms with E-state index >= 15 is 0 Å². The molecule has 0 unspecified atom stereocenters. The van der Waals surface area contributed by atoms with Crippen LogP contribution >= 0.6 is 0 Å². The zero-order valence-corrected chi connectivity index (χ0v) is 11.9. The van der Waals surface area contributed by atoms with Gasteiger partial charge in [-0.25, -0.2) is 0 Å². The van der Waals surface area contributed by atoms with Gasteiger partial charge in [0, 0.05) is 56.4 Å². The minimum absolute atomic E-state index is 1.14. The van der Waals surface area contributed by atoms with Crippen LogP contribution in [-0.2, 0) is 13.5 Å². The summed E-state index contributed by atoms with van der Waals surface area (Å²) in [5.41, 5.74) is 4.12. The molecule has 2 aromatic rings. The molecule has 1 aromatic carbocycles. The first kappa shape index (κ1) is 12.7. The molecular formula is C16H23N3. The van der Waals surface area contributed by atoms with Crippen molar-refractivity contribution in [1.29, 1.82) is 0 Å². The number of nitrogens with zero attached hydrogens (tertiary/aromatic N) is 2. The number of fused-ring (bicyclic) bond motifs is 1. The molecule has 2 heterocycles. The summed E-state index contributed by atoms with van der Waals surface area (Å²) in [4.78, 5) is 2.55. The lowest BCUT2D eigenvalue weighted by atomic mass is 10.1. The molecule has 1 aliphatic rings. The van der Waals surface area contributed by atoms with Crippen LogP contribution < -0.4 is 5.32 Å².